The number of aliphatic hydroxyl groups is 4. The molecule has 8 N–H and O–H groups in total. The van der Waals surface area contributed by atoms with E-state index in [0.29, 0.717) is 71.0 Å². The molecule has 4 amide bonds. The number of amides is 4. The van der Waals surface area contributed by atoms with Crippen molar-refractivity contribution in [3.05, 3.63) is 0 Å². The van der Waals surface area contributed by atoms with Crippen LogP contribution in [0.15, 0.2) is 4.99 Å². The molecule has 0 aliphatic heterocycles. The van der Waals surface area contributed by atoms with Crippen LogP contribution in [0.1, 0.15) is 311 Å². The minimum absolute atomic E-state index is 0. The van der Waals surface area contributed by atoms with Crippen molar-refractivity contribution in [2.75, 3.05) is 159 Å². The predicted octanol–water partition coefficient (Wildman–Crippen LogP) is 19.3. The van der Waals surface area contributed by atoms with Crippen molar-refractivity contribution in [2.24, 2.45) is 105 Å². The first-order chi connectivity index (χ1) is 51.9. The summed E-state index contributed by atoms with van der Waals surface area (Å²) in [7, 11) is 0. The Hall–Kier alpha value is -4.02. The van der Waals surface area contributed by atoms with E-state index in [-0.39, 0.29) is 305 Å². The van der Waals surface area contributed by atoms with Crippen molar-refractivity contribution in [3.8, 4) is 0 Å². The lowest BCUT2D eigenvalue weighted by Gasteiger charge is -2.56. The van der Waals surface area contributed by atoms with Gasteiger partial charge in [0, 0.05) is 22.2 Å². The Bertz CT molecular complexity index is 2420. The molecule has 0 radical (unpaired) electrons. The van der Waals surface area contributed by atoms with Gasteiger partial charge in [0.25, 0.3) is 0 Å². The topological polar surface area (TPSA) is 338 Å². The van der Waals surface area contributed by atoms with Crippen LogP contribution < -0.4 is 21.3 Å². The minimum atomic E-state index is -0.883. The van der Waals surface area contributed by atoms with Gasteiger partial charge >= 0.3 is 24.4 Å². The van der Waals surface area contributed by atoms with E-state index in [1.54, 1.807) is 6.08 Å². The van der Waals surface area contributed by atoms with Crippen molar-refractivity contribution in [3.63, 3.8) is 0 Å². The van der Waals surface area contributed by atoms with Crippen LogP contribution in [0.3, 0.4) is 0 Å². The zero-order valence-electron chi connectivity index (χ0n) is 64.0. The smallest absolute Gasteiger partial charge is 0.407 e. The van der Waals surface area contributed by atoms with E-state index in [9.17, 15) is 24.0 Å². The summed E-state index contributed by atoms with van der Waals surface area (Å²) in [6, 6.07) is 0. The van der Waals surface area contributed by atoms with Gasteiger partial charge in [-0.25, -0.2) is 24.0 Å². The van der Waals surface area contributed by atoms with E-state index in [0.717, 1.165) is 94.8 Å². The normalized spacial score (nSPS) is 32.5. The molecule has 0 heterocycles. The third-order valence-corrected chi connectivity index (χ3v) is 28.0. The molecule has 20 bridgehead atoms. The van der Waals surface area contributed by atoms with Crippen LogP contribution in [0.5, 0.6) is 0 Å². The molecular weight excluding hydrogens is 1570 g/mol. The lowest BCUT2D eigenvalue weighted by atomic mass is 9.53. The van der Waals surface area contributed by atoms with Crippen LogP contribution in [-0.2, 0) is 61.6 Å². The molecule has 0 unspecified atom stereocenters. The maximum Gasteiger partial charge on any atom is 0.407 e. The number of hydrogen-bond acceptors (Lipinski definition) is 22. The Labute approximate surface area is 751 Å². The number of ether oxygens (including phenoxy) is 12. The highest BCUT2D eigenvalue weighted by molar-refractivity contribution is 5.70. The van der Waals surface area contributed by atoms with Crippen molar-refractivity contribution in [2.45, 2.75) is 339 Å². The summed E-state index contributed by atoms with van der Waals surface area (Å²) in [5.41, 5.74) is -2.05. The van der Waals surface area contributed by atoms with Crippen LogP contribution in [0.25, 0.3) is 0 Å². The van der Waals surface area contributed by atoms with E-state index < -0.39 is 35.2 Å². The van der Waals surface area contributed by atoms with E-state index in [2.05, 4.69) is 26.3 Å². The average molecular weight is 1770 g/mol. The predicted molar refractivity (Wildman–Crippen MR) is 498 cm³/mol. The van der Waals surface area contributed by atoms with Crippen molar-refractivity contribution < 1.29 is 101 Å². The number of isocyanates is 1. The molecule has 0 atom stereocenters. The van der Waals surface area contributed by atoms with Gasteiger partial charge in [0.1, 0.15) is 26.4 Å². The van der Waals surface area contributed by atoms with Crippen molar-refractivity contribution in [1.29, 1.82) is 0 Å². The molecule has 123 heavy (non-hydrogen) atoms. The van der Waals surface area contributed by atoms with Crippen molar-refractivity contribution in [1.82, 2.24) is 21.3 Å². The summed E-state index contributed by atoms with van der Waals surface area (Å²) >= 11 is 0. The van der Waals surface area contributed by atoms with E-state index in [1.807, 2.05) is 0 Å². The molecule has 20 fully saturated rings. The second-order valence-electron chi connectivity index (χ2n) is 37.5. The number of nitrogens with zero attached hydrogens (tertiary/aromatic N) is 1. The summed E-state index contributed by atoms with van der Waals surface area (Å²) in [6.45, 7) is 2.65. The molecule has 20 rings (SSSR count). The molecule has 26 heteroatoms. The standard InChI is InChI=1S/C57H88N4O12.C13H28O8.C11H15NO.16CH4/c62-49(58-54-21-37-9-38(22-54)11-39(10-37)23-54)70-5-1-66-33-53(34-67-2-6-71-50(63)59-55-24-40-12-41(25-55)14-42(13-40)26-55,35-68-3-7-72-51(64)60-56-27-43-15-44(28-56)17-45(16-43)29-56)36-69-4-8-73-52(65)61-57-30-46-18-47(31-57)20-48(19-46)32-57;14-1-5-18-9-13(10-19-6-2-15,11-20-7-3-16)12-21-8-4-17;13-7-12-11-4-8-1-9(5-11)3-10(2-8)6-11;;;;;;;;;;;;;;;;/h37-48H,1-36H2,(H,58,62)(H,59,63)(H,60,64)(H,61,65);14-17H,1-12H2;8-10H,1-6H2;16*1H4. The molecule has 26 nitrogen and oxygen atoms in total. The fraction of sp³-hybridized carbons (Fsp3) is 0.948. The lowest BCUT2D eigenvalue weighted by Crippen LogP contribution is -2.60. The fourth-order valence-corrected chi connectivity index (χ4v) is 26.2. The molecule has 0 aromatic carbocycles. The first-order valence-electron chi connectivity index (χ1n) is 41.8. The number of carbonyl (C=O) groups excluding carboxylic acids is 5. The van der Waals surface area contributed by atoms with E-state index in [1.165, 1.54) is 116 Å². The molecule has 0 saturated heterocycles. The van der Waals surface area contributed by atoms with Gasteiger partial charge in [-0.2, -0.15) is 4.99 Å². The molecular formula is C97H195N5O21. The molecule has 20 saturated carbocycles. The Kier molecular flexibility index (Phi) is 59.0. The molecule has 0 spiro atoms. The van der Waals surface area contributed by atoms with Gasteiger partial charge in [-0.1, -0.05) is 119 Å². The Morgan fingerprint density at radius 2 is 0.398 bits per heavy atom. The zero-order valence-corrected chi connectivity index (χ0v) is 64.0. The number of alkyl carbamates (subject to hydrolysis) is 4. The molecule has 0 aromatic heterocycles. The summed E-state index contributed by atoms with van der Waals surface area (Å²) < 4.78 is 69.6. The number of aliphatic hydroxyl groups excluding tert-OH is 4. The fourth-order valence-electron chi connectivity index (χ4n) is 26.2. The number of carbonyl (C=O) groups is 4. The maximum atomic E-state index is 13.2. The van der Waals surface area contributed by atoms with Gasteiger partial charge in [0.2, 0.25) is 6.08 Å². The average Bonchev–Trinajstić information content (AvgIpc) is 0.768. The van der Waals surface area contributed by atoms with Gasteiger partial charge in [-0.3, -0.25) is 0 Å². The molecule has 0 aromatic rings. The Balaban J connectivity index is -0.00000120. The summed E-state index contributed by atoms with van der Waals surface area (Å²) in [6.07, 6.45) is 36.0. The zero-order chi connectivity index (χ0) is 74.4. The van der Waals surface area contributed by atoms with Crippen LogP contribution in [0.4, 0.5) is 19.2 Å². The number of hydrogen-bond donors (Lipinski definition) is 8. The molecule has 734 valence electrons. The Morgan fingerprint density at radius 1 is 0.252 bits per heavy atom. The van der Waals surface area contributed by atoms with Gasteiger partial charge < -0.3 is 98.5 Å². The largest absolute Gasteiger partial charge is 0.447 e. The first-order valence-corrected chi connectivity index (χ1v) is 41.8. The van der Waals surface area contributed by atoms with Gasteiger partial charge in [0.15, 0.2) is 0 Å². The van der Waals surface area contributed by atoms with E-state index >= 15 is 0 Å². The second-order valence-corrected chi connectivity index (χ2v) is 37.5. The maximum absolute atomic E-state index is 13.2. The Morgan fingerprint density at radius 3 is 0.545 bits per heavy atom. The SMILES string of the molecule is C.C.C.C.C.C.C.C.C.C.C.C.C.C.C.C.O=C(NC12CC3CC(CC(C3)C1)C2)OCCOCC(COCCOC(=O)NC12CC3CC(CC(C3)C1)C2)(COCCOC(=O)NC12CC3CC(CC(C3)C1)C2)COCCOC(=O)NC12CC3CC(CC(C3)C1)C2.O=C=NC12CC3CC(CC(C3)C1)C2.OCCOCC(COCCO)(COCCO)COCCO. The number of nitrogens with one attached hydrogen (secondary N) is 4. The molecule has 20 aliphatic carbocycles. The lowest BCUT2D eigenvalue weighted by molar-refractivity contribution is -0.116. The highest BCUT2D eigenvalue weighted by Crippen LogP contribution is 2.60. The van der Waals surface area contributed by atoms with Crippen LogP contribution in [0, 0.1) is 99.6 Å². The third-order valence-electron chi connectivity index (χ3n) is 28.0. The van der Waals surface area contributed by atoms with Crippen molar-refractivity contribution >= 4 is 30.5 Å². The quantitative estimate of drug-likeness (QED) is 0.0122. The summed E-state index contributed by atoms with van der Waals surface area (Å²) in [4.78, 5) is 67.3. The highest BCUT2D eigenvalue weighted by atomic mass is 16.6. The summed E-state index contributed by atoms with van der Waals surface area (Å²) in [5.74, 6) is 11.1. The van der Waals surface area contributed by atoms with Gasteiger partial charge in [0.05, 0.1) is 149 Å². The van der Waals surface area contributed by atoms with E-state index in [4.69, 9.17) is 77.3 Å². The minimum Gasteiger partial charge on any atom is -0.447 e. The second kappa shape index (κ2) is 57.9. The van der Waals surface area contributed by atoms with Crippen LogP contribution in [-0.4, -0.2) is 237 Å². The van der Waals surface area contributed by atoms with Gasteiger partial charge in [-0.15, -0.1) is 0 Å². The molecule has 20 aliphatic rings. The van der Waals surface area contributed by atoms with Crippen LogP contribution >= 0.6 is 0 Å². The van der Waals surface area contributed by atoms with Crippen LogP contribution in [0.2, 0.25) is 0 Å². The number of rotatable bonds is 41. The highest BCUT2D eigenvalue weighted by Gasteiger charge is 2.57. The third kappa shape index (κ3) is 34.3. The number of aliphatic imine (C=N–C) groups is 1. The first kappa shape index (κ1) is 125. The van der Waals surface area contributed by atoms with Gasteiger partial charge in [-0.05, 0) is 281 Å². The monoisotopic (exact) mass is 1770 g/mol. The summed E-state index contributed by atoms with van der Waals surface area (Å²) in [5, 5.41) is 48.3.